The maximum atomic E-state index is 11.4. The molecular formula is C16H15N3O5. The second-order valence-electron chi connectivity index (χ2n) is 4.55. The number of nitrogens with two attached hydrogens (primary N) is 1. The zero-order chi connectivity index (χ0) is 17.5. The Hall–Kier alpha value is -3.42. The van der Waals surface area contributed by atoms with Gasteiger partial charge in [-0.25, -0.2) is 9.78 Å². The van der Waals surface area contributed by atoms with Gasteiger partial charge in [0.1, 0.15) is 17.3 Å². The van der Waals surface area contributed by atoms with Crippen molar-refractivity contribution < 1.29 is 19.2 Å². The van der Waals surface area contributed by atoms with Crippen LogP contribution in [0.2, 0.25) is 0 Å². The molecule has 0 bridgehead atoms. The quantitative estimate of drug-likeness (QED) is 0.374. The molecule has 0 saturated carbocycles. The van der Waals surface area contributed by atoms with Crippen LogP contribution in [0.5, 0.6) is 11.5 Å². The summed E-state index contributed by atoms with van der Waals surface area (Å²) >= 11 is 0. The lowest BCUT2D eigenvalue weighted by molar-refractivity contribution is -0.384. The molecule has 0 amide bonds. The Morgan fingerprint density at radius 1 is 1.33 bits per heavy atom. The minimum absolute atomic E-state index is 0.0426. The molecule has 0 unspecified atom stereocenters. The van der Waals surface area contributed by atoms with Crippen molar-refractivity contribution in [3.63, 3.8) is 0 Å². The van der Waals surface area contributed by atoms with Gasteiger partial charge in [-0.05, 0) is 31.2 Å². The fraction of sp³-hybridized carbons (Fsp3) is 0.125. The highest BCUT2D eigenvalue weighted by Crippen LogP contribution is 2.30. The second kappa shape index (κ2) is 7.73. The molecule has 0 fully saturated rings. The predicted molar refractivity (Wildman–Crippen MR) is 87.5 cm³/mol. The third-order valence-corrected chi connectivity index (χ3v) is 2.93. The van der Waals surface area contributed by atoms with Gasteiger partial charge >= 0.3 is 5.97 Å². The fourth-order valence-electron chi connectivity index (χ4n) is 1.83. The lowest BCUT2D eigenvalue weighted by Crippen LogP contribution is -2.00. The molecular weight excluding hydrogens is 314 g/mol. The molecule has 8 heteroatoms. The number of nitrogen functional groups attached to an aromatic ring is 1. The summed E-state index contributed by atoms with van der Waals surface area (Å²) in [5.41, 5.74) is 6.18. The average molecular weight is 329 g/mol. The molecule has 2 rings (SSSR count). The Morgan fingerprint density at radius 3 is 2.67 bits per heavy atom. The van der Waals surface area contributed by atoms with Gasteiger partial charge < -0.3 is 15.2 Å². The molecule has 24 heavy (non-hydrogen) atoms. The van der Waals surface area contributed by atoms with Gasteiger partial charge in [0.15, 0.2) is 0 Å². The van der Waals surface area contributed by atoms with E-state index < -0.39 is 10.9 Å². The first-order valence-electron chi connectivity index (χ1n) is 7.03. The van der Waals surface area contributed by atoms with E-state index in [4.69, 9.17) is 15.2 Å². The van der Waals surface area contributed by atoms with E-state index in [1.54, 1.807) is 13.0 Å². The van der Waals surface area contributed by atoms with Crippen LogP contribution in [0, 0.1) is 10.1 Å². The molecule has 0 aliphatic rings. The number of nitro groups is 1. The number of ether oxygens (including phenoxy) is 2. The fourth-order valence-corrected chi connectivity index (χ4v) is 1.83. The van der Waals surface area contributed by atoms with E-state index in [9.17, 15) is 14.9 Å². The van der Waals surface area contributed by atoms with Crippen LogP contribution < -0.4 is 10.5 Å². The maximum Gasteiger partial charge on any atom is 0.330 e. The predicted octanol–water partition coefficient (Wildman–Crippen LogP) is 2.94. The van der Waals surface area contributed by atoms with Crippen molar-refractivity contribution in [2.24, 2.45) is 0 Å². The van der Waals surface area contributed by atoms with Crippen LogP contribution in [-0.4, -0.2) is 22.5 Å². The summed E-state index contributed by atoms with van der Waals surface area (Å²) in [6.45, 7) is 1.96. The number of benzene rings is 1. The molecule has 124 valence electrons. The summed E-state index contributed by atoms with van der Waals surface area (Å²) in [6, 6.07) is 7.16. The molecule has 0 saturated heterocycles. The molecule has 0 aliphatic carbocycles. The van der Waals surface area contributed by atoms with Crippen molar-refractivity contribution in [1.82, 2.24) is 4.98 Å². The minimum atomic E-state index is -0.512. The number of carbonyl (C=O) groups is 1. The first-order chi connectivity index (χ1) is 11.5. The molecule has 1 aromatic carbocycles. The molecule has 1 heterocycles. The Bertz CT molecular complexity index is 772. The smallest absolute Gasteiger partial charge is 0.330 e. The number of carbonyl (C=O) groups excluding carboxylic acids is 1. The normalized spacial score (nSPS) is 10.5. The van der Waals surface area contributed by atoms with Gasteiger partial charge in [0.25, 0.3) is 5.69 Å². The van der Waals surface area contributed by atoms with E-state index >= 15 is 0 Å². The second-order valence-corrected chi connectivity index (χ2v) is 4.55. The first kappa shape index (κ1) is 16.9. The number of aromatic nitrogens is 1. The van der Waals surface area contributed by atoms with Gasteiger partial charge in [-0.1, -0.05) is 0 Å². The van der Waals surface area contributed by atoms with Crippen molar-refractivity contribution in [3.05, 3.63) is 58.3 Å². The van der Waals surface area contributed by atoms with Crippen LogP contribution in [-0.2, 0) is 9.53 Å². The molecule has 8 nitrogen and oxygen atoms in total. The minimum Gasteiger partial charge on any atom is -0.463 e. The zero-order valence-corrected chi connectivity index (χ0v) is 12.8. The number of pyridine rings is 1. The van der Waals surface area contributed by atoms with Gasteiger partial charge in [0.05, 0.1) is 17.1 Å². The van der Waals surface area contributed by atoms with Gasteiger partial charge in [-0.15, -0.1) is 0 Å². The van der Waals surface area contributed by atoms with Crippen molar-refractivity contribution >= 4 is 23.6 Å². The number of nitro benzene ring substituents is 1. The molecule has 1 aromatic heterocycles. The molecule has 2 N–H and O–H groups in total. The van der Waals surface area contributed by atoms with E-state index in [1.165, 1.54) is 42.6 Å². The highest BCUT2D eigenvalue weighted by Gasteiger charge is 2.10. The number of hydrogen-bond acceptors (Lipinski definition) is 7. The average Bonchev–Trinajstić information content (AvgIpc) is 2.55. The van der Waals surface area contributed by atoms with Crippen LogP contribution in [0.1, 0.15) is 12.5 Å². The van der Waals surface area contributed by atoms with Crippen LogP contribution >= 0.6 is 0 Å². The van der Waals surface area contributed by atoms with Crippen molar-refractivity contribution in [1.29, 1.82) is 0 Å². The van der Waals surface area contributed by atoms with E-state index in [2.05, 4.69) is 4.98 Å². The van der Waals surface area contributed by atoms with Crippen LogP contribution in [0.3, 0.4) is 0 Å². The Kier molecular flexibility index (Phi) is 5.45. The summed E-state index contributed by atoms with van der Waals surface area (Å²) in [5.74, 6) is 0.408. The molecule has 0 spiro atoms. The highest BCUT2D eigenvalue weighted by atomic mass is 16.6. The summed E-state index contributed by atoms with van der Waals surface area (Å²) in [6.07, 6.45) is 4.12. The Morgan fingerprint density at radius 2 is 2.04 bits per heavy atom. The molecule has 0 radical (unpaired) electrons. The summed E-state index contributed by atoms with van der Waals surface area (Å²) in [7, 11) is 0. The van der Waals surface area contributed by atoms with Crippen LogP contribution in [0.25, 0.3) is 6.08 Å². The Labute approximate surface area is 137 Å². The van der Waals surface area contributed by atoms with Crippen molar-refractivity contribution in [2.75, 3.05) is 12.3 Å². The number of rotatable bonds is 6. The van der Waals surface area contributed by atoms with Gasteiger partial charge in [-0.2, -0.15) is 0 Å². The third kappa shape index (κ3) is 4.29. The maximum absolute atomic E-state index is 11.4. The lowest BCUT2D eigenvalue weighted by atomic mass is 10.2. The topological polar surface area (TPSA) is 118 Å². The SMILES string of the molecule is CCOC(=O)C=Cc1c(Oc2ccc([N+](=O)[O-])cc2)ccnc1N. The number of anilines is 1. The first-order valence-corrected chi connectivity index (χ1v) is 7.03. The van der Waals surface area contributed by atoms with E-state index in [1.807, 2.05) is 0 Å². The van der Waals surface area contributed by atoms with Crippen molar-refractivity contribution in [2.45, 2.75) is 6.92 Å². The summed E-state index contributed by atoms with van der Waals surface area (Å²) in [5, 5.41) is 10.7. The number of nitrogens with zero attached hydrogens (tertiary/aromatic N) is 2. The lowest BCUT2D eigenvalue weighted by Gasteiger charge is -2.10. The van der Waals surface area contributed by atoms with Gasteiger partial charge in [-0.3, -0.25) is 10.1 Å². The van der Waals surface area contributed by atoms with Crippen molar-refractivity contribution in [3.8, 4) is 11.5 Å². The van der Waals surface area contributed by atoms with E-state index in [0.717, 1.165) is 0 Å². The number of hydrogen-bond donors (Lipinski definition) is 1. The highest BCUT2D eigenvalue weighted by molar-refractivity contribution is 5.88. The Balaban J connectivity index is 2.25. The van der Waals surface area contributed by atoms with Crippen LogP contribution in [0.15, 0.2) is 42.6 Å². The van der Waals surface area contributed by atoms with Gasteiger partial charge in [0, 0.05) is 24.4 Å². The number of non-ortho nitro benzene ring substituents is 1. The van der Waals surface area contributed by atoms with E-state index in [-0.39, 0.29) is 18.1 Å². The van der Waals surface area contributed by atoms with Crippen LogP contribution in [0.4, 0.5) is 11.5 Å². The molecule has 0 atom stereocenters. The largest absolute Gasteiger partial charge is 0.463 e. The summed E-state index contributed by atoms with van der Waals surface area (Å²) in [4.78, 5) is 25.5. The summed E-state index contributed by atoms with van der Waals surface area (Å²) < 4.78 is 10.5. The number of esters is 1. The third-order valence-electron chi connectivity index (χ3n) is 2.93. The van der Waals surface area contributed by atoms with E-state index in [0.29, 0.717) is 17.1 Å². The monoisotopic (exact) mass is 329 g/mol. The molecule has 2 aromatic rings. The zero-order valence-electron chi connectivity index (χ0n) is 12.8. The van der Waals surface area contributed by atoms with Gasteiger partial charge in [0.2, 0.25) is 0 Å². The molecule has 0 aliphatic heterocycles. The standard InChI is InChI=1S/C16H15N3O5/c1-2-23-15(20)8-7-13-14(9-10-18-16(13)17)24-12-5-3-11(4-6-12)19(21)22/h3-10H,2H2,1H3,(H2,17,18).